The Bertz CT molecular complexity index is 363. The lowest BCUT2D eigenvalue weighted by Crippen LogP contribution is -2.44. The van der Waals surface area contributed by atoms with Crippen molar-refractivity contribution < 1.29 is 9.47 Å². The minimum atomic E-state index is -0.107. The fourth-order valence-electron chi connectivity index (χ4n) is 2.26. The topological polar surface area (TPSA) is 21.7 Å². The number of allylic oxidation sites excluding steroid dienone is 5. The van der Waals surface area contributed by atoms with Gasteiger partial charge in [0, 0.05) is 26.7 Å². The Balaban J connectivity index is 2.54. The van der Waals surface area contributed by atoms with Crippen molar-refractivity contribution in [1.82, 2.24) is 4.90 Å². The van der Waals surface area contributed by atoms with Crippen LogP contribution in [0.5, 0.6) is 0 Å². The molecule has 0 saturated carbocycles. The van der Waals surface area contributed by atoms with Gasteiger partial charge in [0.1, 0.15) is 11.4 Å². The molecule has 1 aliphatic heterocycles. The summed E-state index contributed by atoms with van der Waals surface area (Å²) < 4.78 is 11.3. The molecule has 0 aromatic carbocycles. The van der Waals surface area contributed by atoms with E-state index in [1.54, 1.807) is 19.3 Å². The average Bonchev–Trinajstić information content (AvgIpc) is 2.44. The predicted molar refractivity (Wildman–Crippen MR) is 84.7 cm³/mol. The van der Waals surface area contributed by atoms with Crippen LogP contribution < -0.4 is 0 Å². The van der Waals surface area contributed by atoms with Crippen LogP contribution in [-0.2, 0) is 9.47 Å². The summed E-state index contributed by atoms with van der Waals surface area (Å²) in [6.07, 6.45) is 11.2. The third-order valence-electron chi connectivity index (χ3n) is 3.57. The van der Waals surface area contributed by atoms with Crippen LogP contribution in [0.3, 0.4) is 0 Å². The monoisotopic (exact) mass is 277 g/mol. The lowest BCUT2D eigenvalue weighted by Gasteiger charge is -2.39. The maximum absolute atomic E-state index is 6.17. The summed E-state index contributed by atoms with van der Waals surface area (Å²) in [5, 5.41) is 0. The molecule has 0 atom stereocenters. The summed E-state index contributed by atoms with van der Waals surface area (Å²) in [5.74, 6) is 0.841. The molecular formula is C17H27NO2. The molecule has 0 aromatic heterocycles. The van der Waals surface area contributed by atoms with Crippen molar-refractivity contribution in [2.45, 2.75) is 25.4 Å². The van der Waals surface area contributed by atoms with Gasteiger partial charge in [0.25, 0.3) is 0 Å². The van der Waals surface area contributed by atoms with Crippen LogP contribution in [-0.4, -0.2) is 43.9 Å². The van der Waals surface area contributed by atoms with Gasteiger partial charge in [-0.3, -0.25) is 0 Å². The van der Waals surface area contributed by atoms with Crippen LogP contribution in [0.25, 0.3) is 0 Å². The zero-order valence-corrected chi connectivity index (χ0v) is 12.8. The first-order valence-corrected chi connectivity index (χ1v) is 7.15. The van der Waals surface area contributed by atoms with E-state index in [-0.39, 0.29) is 5.60 Å². The SMILES string of the molecule is C=C/C=C\C(=C/C=C)OC1(C)CCN(CCOC)CC1. The third-order valence-corrected chi connectivity index (χ3v) is 3.57. The van der Waals surface area contributed by atoms with Gasteiger partial charge in [0.2, 0.25) is 0 Å². The Labute approximate surface area is 123 Å². The average molecular weight is 277 g/mol. The minimum Gasteiger partial charge on any atom is -0.487 e. The zero-order chi connectivity index (χ0) is 14.8. The quantitative estimate of drug-likeness (QED) is 0.502. The summed E-state index contributed by atoms with van der Waals surface area (Å²) in [6.45, 7) is 13.5. The highest BCUT2D eigenvalue weighted by atomic mass is 16.5. The van der Waals surface area contributed by atoms with Gasteiger partial charge in [-0.15, -0.1) is 0 Å². The second-order valence-corrected chi connectivity index (χ2v) is 5.29. The van der Waals surface area contributed by atoms with Crippen molar-refractivity contribution in [3.05, 3.63) is 49.3 Å². The van der Waals surface area contributed by atoms with Gasteiger partial charge in [0.05, 0.1) is 6.61 Å². The minimum absolute atomic E-state index is 0.107. The maximum Gasteiger partial charge on any atom is 0.120 e. The Hall–Kier alpha value is -1.32. The van der Waals surface area contributed by atoms with E-state index in [2.05, 4.69) is 25.0 Å². The number of methoxy groups -OCH3 is 1. The maximum atomic E-state index is 6.17. The van der Waals surface area contributed by atoms with E-state index in [0.29, 0.717) is 0 Å². The molecule has 112 valence electrons. The van der Waals surface area contributed by atoms with Gasteiger partial charge in [-0.1, -0.05) is 31.4 Å². The van der Waals surface area contributed by atoms with Crippen molar-refractivity contribution >= 4 is 0 Å². The van der Waals surface area contributed by atoms with Gasteiger partial charge in [-0.25, -0.2) is 0 Å². The van der Waals surface area contributed by atoms with Gasteiger partial charge in [-0.05, 0) is 31.9 Å². The molecule has 0 radical (unpaired) electrons. The van der Waals surface area contributed by atoms with Crippen molar-refractivity contribution in [3.8, 4) is 0 Å². The normalized spacial score (nSPS) is 20.0. The van der Waals surface area contributed by atoms with Gasteiger partial charge >= 0.3 is 0 Å². The fourth-order valence-corrected chi connectivity index (χ4v) is 2.26. The number of rotatable bonds is 8. The molecule has 1 fully saturated rings. The molecule has 0 bridgehead atoms. The third kappa shape index (κ3) is 5.76. The van der Waals surface area contributed by atoms with E-state index in [4.69, 9.17) is 9.47 Å². The molecule has 3 heteroatoms. The first kappa shape index (κ1) is 16.7. The van der Waals surface area contributed by atoms with E-state index >= 15 is 0 Å². The van der Waals surface area contributed by atoms with Crippen LogP contribution in [0.2, 0.25) is 0 Å². The van der Waals surface area contributed by atoms with Gasteiger partial charge in [0.15, 0.2) is 0 Å². The Morgan fingerprint density at radius 3 is 2.50 bits per heavy atom. The van der Waals surface area contributed by atoms with E-state index < -0.39 is 0 Å². The molecule has 1 saturated heterocycles. The Morgan fingerprint density at radius 2 is 1.95 bits per heavy atom. The van der Waals surface area contributed by atoms with Crippen molar-refractivity contribution in [2.24, 2.45) is 0 Å². The molecular weight excluding hydrogens is 250 g/mol. The molecule has 0 spiro atoms. The molecule has 1 rings (SSSR count). The second kappa shape index (κ2) is 8.77. The number of piperidine rings is 1. The molecule has 3 nitrogen and oxygen atoms in total. The molecule has 0 unspecified atom stereocenters. The van der Waals surface area contributed by atoms with E-state index in [1.165, 1.54) is 0 Å². The molecule has 0 amide bonds. The number of nitrogens with zero attached hydrogens (tertiary/aromatic N) is 1. The largest absolute Gasteiger partial charge is 0.487 e. The zero-order valence-electron chi connectivity index (χ0n) is 12.8. The fraction of sp³-hybridized carbons (Fsp3) is 0.529. The van der Waals surface area contributed by atoms with Crippen LogP contribution >= 0.6 is 0 Å². The van der Waals surface area contributed by atoms with Gasteiger partial charge < -0.3 is 14.4 Å². The van der Waals surface area contributed by atoms with E-state index in [9.17, 15) is 0 Å². The molecule has 20 heavy (non-hydrogen) atoms. The molecule has 1 heterocycles. The highest BCUT2D eigenvalue weighted by Gasteiger charge is 2.31. The first-order chi connectivity index (χ1) is 9.63. The van der Waals surface area contributed by atoms with Crippen molar-refractivity contribution in [1.29, 1.82) is 0 Å². The summed E-state index contributed by atoms with van der Waals surface area (Å²) in [6, 6.07) is 0. The van der Waals surface area contributed by atoms with Crippen LogP contribution in [0.1, 0.15) is 19.8 Å². The number of hydrogen-bond donors (Lipinski definition) is 0. The number of likely N-dealkylation sites (tertiary alicyclic amines) is 1. The smallest absolute Gasteiger partial charge is 0.120 e. The summed E-state index contributed by atoms with van der Waals surface area (Å²) >= 11 is 0. The molecule has 1 aliphatic rings. The van der Waals surface area contributed by atoms with Gasteiger partial charge in [-0.2, -0.15) is 0 Å². The van der Waals surface area contributed by atoms with Crippen molar-refractivity contribution in [2.75, 3.05) is 33.4 Å². The molecule has 0 aliphatic carbocycles. The number of hydrogen-bond acceptors (Lipinski definition) is 3. The van der Waals surface area contributed by atoms with E-state index in [0.717, 1.165) is 44.8 Å². The number of ether oxygens (including phenoxy) is 2. The van der Waals surface area contributed by atoms with Crippen molar-refractivity contribution in [3.63, 3.8) is 0 Å². The lowest BCUT2D eigenvalue weighted by molar-refractivity contribution is -0.0318. The predicted octanol–water partition coefficient (Wildman–Crippen LogP) is 3.32. The summed E-state index contributed by atoms with van der Waals surface area (Å²) in [5.41, 5.74) is -0.107. The molecule has 0 N–H and O–H groups in total. The Kier molecular flexibility index (Phi) is 7.34. The summed E-state index contributed by atoms with van der Waals surface area (Å²) in [7, 11) is 1.75. The highest BCUT2D eigenvalue weighted by molar-refractivity contribution is 5.20. The van der Waals surface area contributed by atoms with E-state index in [1.807, 2.05) is 18.2 Å². The lowest BCUT2D eigenvalue weighted by atomic mass is 9.93. The second-order valence-electron chi connectivity index (χ2n) is 5.29. The van der Waals surface area contributed by atoms with Crippen LogP contribution in [0.4, 0.5) is 0 Å². The summed E-state index contributed by atoms with van der Waals surface area (Å²) in [4.78, 5) is 2.42. The molecule has 0 aromatic rings. The Morgan fingerprint density at radius 1 is 1.25 bits per heavy atom. The standard InChI is InChI=1S/C17H27NO2/c1-5-7-9-16(8-6-2)20-17(3)10-12-18(13-11-17)14-15-19-4/h5-9H,1-2,10-15H2,3-4H3/b9-7-,16-8+. The highest BCUT2D eigenvalue weighted by Crippen LogP contribution is 2.28. The van der Waals surface area contributed by atoms with Crippen LogP contribution in [0, 0.1) is 0 Å². The van der Waals surface area contributed by atoms with Crippen LogP contribution in [0.15, 0.2) is 49.3 Å². The first-order valence-electron chi connectivity index (χ1n) is 7.15.